The number of carbonyl (C=O) groups is 1. The molecule has 0 bridgehead atoms. The van der Waals surface area contributed by atoms with Gasteiger partial charge in [0.2, 0.25) is 0 Å². The molecule has 2 rings (SSSR count). The van der Waals surface area contributed by atoms with E-state index in [1.165, 1.54) is 10.5 Å². The van der Waals surface area contributed by atoms with E-state index < -0.39 is 0 Å². The zero-order valence-corrected chi connectivity index (χ0v) is 17.2. The molecular formula is C20H21ClINO2. The molecule has 5 heteroatoms. The van der Waals surface area contributed by atoms with Crippen molar-refractivity contribution in [2.75, 3.05) is 11.9 Å². The summed E-state index contributed by atoms with van der Waals surface area (Å²) in [7, 11) is 0. The first-order chi connectivity index (χ1) is 12.0. The first-order valence-corrected chi connectivity index (χ1v) is 9.47. The van der Waals surface area contributed by atoms with E-state index in [1.54, 1.807) is 0 Å². The highest BCUT2D eigenvalue weighted by molar-refractivity contribution is 14.1. The number of nitrogens with one attached hydrogen (secondary N) is 1. The molecule has 0 aliphatic carbocycles. The fourth-order valence-electron chi connectivity index (χ4n) is 2.33. The molecule has 0 saturated heterocycles. The molecule has 3 nitrogen and oxygen atoms in total. The molecule has 1 unspecified atom stereocenters. The Morgan fingerprint density at radius 1 is 1.20 bits per heavy atom. The van der Waals surface area contributed by atoms with Gasteiger partial charge < -0.3 is 10.1 Å². The van der Waals surface area contributed by atoms with E-state index in [-0.39, 0.29) is 12.0 Å². The molecular weight excluding hydrogens is 449 g/mol. The lowest BCUT2D eigenvalue weighted by molar-refractivity contribution is -0.139. The first-order valence-electron chi connectivity index (χ1n) is 8.01. The monoisotopic (exact) mass is 469 g/mol. The third-order valence-corrected chi connectivity index (χ3v) is 4.87. The number of anilines is 1. The van der Waals surface area contributed by atoms with Crippen LogP contribution in [0, 0.1) is 3.57 Å². The van der Waals surface area contributed by atoms with Gasteiger partial charge in [-0.05, 0) is 71.3 Å². The Balaban J connectivity index is 2.17. The van der Waals surface area contributed by atoms with Crippen LogP contribution in [0.2, 0.25) is 5.02 Å². The van der Waals surface area contributed by atoms with Gasteiger partial charge in [-0.2, -0.15) is 0 Å². The molecule has 0 radical (unpaired) electrons. The first kappa shape index (κ1) is 19.8. The Morgan fingerprint density at radius 3 is 2.52 bits per heavy atom. The number of para-hydroxylation sites is 1. The second-order valence-corrected chi connectivity index (χ2v) is 7.39. The van der Waals surface area contributed by atoms with E-state index >= 15 is 0 Å². The highest BCUT2D eigenvalue weighted by Crippen LogP contribution is 2.27. The van der Waals surface area contributed by atoms with Crippen LogP contribution in [0.3, 0.4) is 0 Å². The number of hydrogen-bond acceptors (Lipinski definition) is 3. The maximum absolute atomic E-state index is 10.9. The summed E-state index contributed by atoms with van der Waals surface area (Å²) in [4.78, 5) is 10.9. The molecule has 0 fully saturated rings. The molecule has 0 saturated carbocycles. The van der Waals surface area contributed by atoms with Crippen LogP contribution in [0.15, 0.2) is 60.2 Å². The molecule has 132 valence electrons. The maximum Gasteiger partial charge on any atom is 0.302 e. The second kappa shape index (κ2) is 9.82. The second-order valence-electron chi connectivity index (χ2n) is 5.79. The summed E-state index contributed by atoms with van der Waals surface area (Å²) in [6.07, 6.45) is 2.88. The average Bonchev–Trinajstić information content (AvgIpc) is 2.59. The lowest BCUT2D eigenvalue weighted by Gasteiger charge is -2.20. The van der Waals surface area contributed by atoms with Crippen molar-refractivity contribution in [2.24, 2.45) is 0 Å². The van der Waals surface area contributed by atoms with Crippen molar-refractivity contribution in [1.82, 2.24) is 0 Å². The predicted octanol–water partition coefficient (Wildman–Crippen LogP) is 6.00. The van der Waals surface area contributed by atoms with Gasteiger partial charge in [0.1, 0.15) is 6.61 Å². The van der Waals surface area contributed by atoms with E-state index in [0.717, 1.165) is 28.3 Å². The molecule has 0 aromatic heterocycles. The number of esters is 1. The third kappa shape index (κ3) is 6.71. The normalized spacial score (nSPS) is 12.6. The van der Waals surface area contributed by atoms with E-state index in [0.29, 0.717) is 6.61 Å². The fourth-order valence-corrected chi connectivity index (χ4v) is 3.00. The quantitative estimate of drug-likeness (QED) is 0.307. The number of carbonyl (C=O) groups excluding carboxylic acids is 1. The van der Waals surface area contributed by atoms with Crippen molar-refractivity contribution in [2.45, 2.75) is 26.3 Å². The number of benzene rings is 2. The minimum absolute atomic E-state index is 0.0976. The van der Waals surface area contributed by atoms with Crippen LogP contribution < -0.4 is 5.32 Å². The predicted molar refractivity (Wildman–Crippen MR) is 112 cm³/mol. The third-order valence-electron chi connectivity index (χ3n) is 3.68. The van der Waals surface area contributed by atoms with Gasteiger partial charge in [0.15, 0.2) is 0 Å². The van der Waals surface area contributed by atoms with E-state index in [9.17, 15) is 4.79 Å². The highest BCUT2D eigenvalue weighted by Gasteiger charge is 2.12. The van der Waals surface area contributed by atoms with Crippen LogP contribution in [0.5, 0.6) is 0 Å². The summed E-state index contributed by atoms with van der Waals surface area (Å²) in [6, 6.07) is 16.1. The number of ether oxygens (including phenoxy) is 1. The summed E-state index contributed by atoms with van der Waals surface area (Å²) < 4.78 is 6.21. The summed E-state index contributed by atoms with van der Waals surface area (Å²) in [5, 5.41) is 4.32. The highest BCUT2D eigenvalue weighted by atomic mass is 127. The Hall–Kier alpha value is -1.53. The van der Waals surface area contributed by atoms with Gasteiger partial charge in [0, 0.05) is 21.2 Å². The molecule has 0 amide bonds. The lowest BCUT2D eigenvalue weighted by atomic mass is 10.0. The minimum atomic E-state index is -0.265. The van der Waals surface area contributed by atoms with Crippen molar-refractivity contribution in [3.63, 3.8) is 0 Å². The number of hydrogen-bond donors (Lipinski definition) is 1. The van der Waals surface area contributed by atoms with Crippen molar-refractivity contribution in [3.05, 3.63) is 74.3 Å². The molecule has 0 aliphatic rings. The number of rotatable bonds is 7. The Bertz CT molecular complexity index is 744. The van der Waals surface area contributed by atoms with Gasteiger partial charge in [-0.25, -0.2) is 0 Å². The van der Waals surface area contributed by atoms with E-state index in [1.807, 2.05) is 43.3 Å². The van der Waals surface area contributed by atoms with Gasteiger partial charge in [0.25, 0.3) is 0 Å². The topological polar surface area (TPSA) is 38.3 Å². The largest absolute Gasteiger partial charge is 0.461 e. The standard InChI is InChI=1S/C20H21ClINO2/c1-14(13-25-15(2)24)7-12-19(16-8-10-17(21)11-9-16)23-20-6-4-3-5-18(20)22/h3-11,19,23H,12-13H2,1-2H3/b14-7+. The molecule has 2 aromatic carbocycles. The average molecular weight is 470 g/mol. The Kier molecular flexibility index (Phi) is 7.78. The molecule has 0 spiro atoms. The molecule has 1 N–H and O–H groups in total. The zero-order chi connectivity index (χ0) is 18.2. The summed E-state index contributed by atoms with van der Waals surface area (Å²) in [6.45, 7) is 3.71. The smallest absolute Gasteiger partial charge is 0.302 e. The van der Waals surface area contributed by atoms with Crippen LogP contribution >= 0.6 is 34.2 Å². The Labute approximate surface area is 167 Å². The summed E-state index contributed by atoms with van der Waals surface area (Å²) in [5.41, 5.74) is 3.27. The van der Waals surface area contributed by atoms with Crippen LogP contribution in [0.4, 0.5) is 5.69 Å². The zero-order valence-electron chi connectivity index (χ0n) is 14.3. The van der Waals surface area contributed by atoms with Crippen molar-refractivity contribution >= 4 is 45.8 Å². The van der Waals surface area contributed by atoms with Gasteiger partial charge in [0.05, 0.1) is 6.04 Å². The van der Waals surface area contributed by atoms with Gasteiger partial charge in [-0.1, -0.05) is 41.9 Å². The fraction of sp³-hybridized carbons (Fsp3) is 0.250. The molecule has 0 aliphatic heterocycles. The van der Waals surface area contributed by atoms with Crippen molar-refractivity contribution < 1.29 is 9.53 Å². The molecule has 25 heavy (non-hydrogen) atoms. The van der Waals surface area contributed by atoms with Crippen LogP contribution in [0.1, 0.15) is 31.9 Å². The van der Waals surface area contributed by atoms with Crippen molar-refractivity contribution in [3.8, 4) is 0 Å². The van der Waals surface area contributed by atoms with Crippen LogP contribution in [-0.4, -0.2) is 12.6 Å². The van der Waals surface area contributed by atoms with Gasteiger partial charge in [-0.3, -0.25) is 4.79 Å². The van der Waals surface area contributed by atoms with Gasteiger partial charge in [-0.15, -0.1) is 0 Å². The maximum atomic E-state index is 10.9. The molecule has 2 aromatic rings. The SMILES string of the molecule is CC(=O)OC/C(C)=C/CC(Nc1ccccc1I)c1ccc(Cl)cc1. The minimum Gasteiger partial charge on any atom is -0.461 e. The Morgan fingerprint density at radius 2 is 1.88 bits per heavy atom. The lowest BCUT2D eigenvalue weighted by Crippen LogP contribution is -2.11. The van der Waals surface area contributed by atoms with Crippen molar-refractivity contribution in [1.29, 1.82) is 0 Å². The summed E-state index contributed by atoms with van der Waals surface area (Å²) >= 11 is 8.34. The summed E-state index contributed by atoms with van der Waals surface area (Å²) in [5.74, 6) is -0.265. The van der Waals surface area contributed by atoms with Crippen LogP contribution in [0.25, 0.3) is 0 Å². The van der Waals surface area contributed by atoms with Crippen LogP contribution in [-0.2, 0) is 9.53 Å². The van der Waals surface area contributed by atoms with E-state index in [4.69, 9.17) is 16.3 Å². The molecule has 1 atom stereocenters. The van der Waals surface area contributed by atoms with Gasteiger partial charge >= 0.3 is 5.97 Å². The number of halogens is 2. The van der Waals surface area contributed by atoms with E-state index in [2.05, 4.69) is 46.1 Å². The molecule has 0 heterocycles.